The molecule has 0 bridgehead atoms. The van der Waals surface area contributed by atoms with Crippen LogP contribution in [-0.4, -0.2) is 39.4 Å². The number of fused-ring (bicyclic) bond motifs is 1. The maximum atomic E-state index is 12.0. The molecule has 1 fully saturated rings. The molecule has 0 aliphatic heterocycles. The predicted molar refractivity (Wildman–Crippen MR) is 110 cm³/mol. The molecule has 0 spiro atoms. The zero-order valence-electron chi connectivity index (χ0n) is 15.6. The fourth-order valence-corrected chi connectivity index (χ4v) is 4.58. The van der Waals surface area contributed by atoms with Gasteiger partial charge in [0.1, 0.15) is 17.2 Å². The van der Waals surface area contributed by atoms with Crippen LogP contribution in [-0.2, 0) is 9.84 Å². The lowest BCUT2D eigenvalue weighted by Crippen LogP contribution is -2.01. The van der Waals surface area contributed by atoms with Crippen LogP contribution >= 0.6 is 11.8 Å². The van der Waals surface area contributed by atoms with Gasteiger partial charge >= 0.3 is 0 Å². The standard InChI is InChI=1S/C20H17N5O2S2/c1-29(26,27)15-9-10-17-16(11-15)19(22-12-21-17)28-20-23-18(13-7-8-13)25(24-20)14-5-3-2-4-6-14/h2-6,9-13H,7-8H2,1H3. The number of benzene rings is 2. The summed E-state index contributed by atoms with van der Waals surface area (Å²) in [6, 6.07) is 14.8. The fraction of sp³-hybridized carbons (Fsp3) is 0.200. The Morgan fingerprint density at radius 3 is 2.59 bits per heavy atom. The molecule has 7 nitrogen and oxygen atoms in total. The van der Waals surface area contributed by atoms with Gasteiger partial charge in [-0.3, -0.25) is 0 Å². The molecule has 9 heteroatoms. The minimum atomic E-state index is -3.33. The average molecular weight is 424 g/mol. The molecule has 29 heavy (non-hydrogen) atoms. The van der Waals surface area contributed by atoms with E-state index in [1.165, 1.54) is 24.3 Å². The van der Waals surface area contributed by atoms with Gasteiger partial charge < -0.3 is 0 Å². The van der Waals surface area contributed by atoms with Gasteiger partial charge in [0.05, 0.1) is 16.1 Å². The first-order valence-electron chi connectivity index (χ1n) is 9.14. The lowest BCUT2D eigenvalue weighted by Gasteiger charge is -2.05. The van der Waals surface area contributed by atoms with Crippen molar-refractivity contribution in [3.63, 3.8) is 0 Å². The van der Waals surface area contributed by atoms with Crippen molar-refractivity contribution in [2.75, 3.05) is 6.26 Å². The molecular weight excluding hydrogens is 406 g/mol. The normalized spacial score (nSPS) is 14.4. The molecule has 2 aromatic carbocycles. The van der Waals surface area contributed by atoms with E-state index in [4.69, 9.17) is 10.1 Å². The summed E-state index contributed by atoms with van der Waals surface area (Å²) in [4.78, 5) is 13.6. The molecule has 2 aromatic heterocycles. The molecule has 1 saturated carbocycles. The van der Waals surface area contributed by atoms with E-state index in [1.54, 1.807) is 18.2 Å². The Hall–Kier alpha value is -2.78. The lowest BCUT2D eigenvalue weighted by molar-refractivity contribution is 0.602. The zero-order valence-corrected chi connectivity index (χ0v) is 17.2. The summed E-state index contributed by atoms with van der Waals surface area (Å²) >= 11 is 1.32. The summed E-state index contributed by atoms with van der Waals surface area (Å²) < 4.78 is 25.8. The molecule has 1 aliphatic carbocycles. The Morgan fingerprint density at radius 1 is 1.07 bits per heavy atom. The molecule has 0 saturated heterocycles. The van der Waals surface area contributed by atoms with Gasteiger partial charge in [-0.05, 0) is 54.9 Å². The predicted octanol–water partition coefficient (Wildman–Crippen LogP) is 3.64. The third-order valence-electron chi connectivity index (χ3n) is 4.74. The van der Waals surface area contributed by atoms with Crippen LogP contribution in [0.1, 0.15) is 24.6 Å². The summed E-state index contributed by atoms with van der Waals surface area (Å²) in [7, 11) is -3.33. The second-order valence-electron chi connectivity index (χ2n) is 7.01. The summed E-state index contributed by atoms with van der Waals surface area (Å²) in [6.07, 6.45) is 4.89. The van der Waals surface area contributed by atoms with E-state index in [2.05, 4.69) is 9.97 Å². The second kappa shape index (κ2) is 6.93. The molecule has 5 rings (SSSR count). The van der Waals surface area contributed by atoms with Gasteiger partial charge in [0.2, 0.25) is 5.16 Å². The molecule has 0 radical (unpaired) electrons. The Labute approximate surface area is 172 Å². The summed E-state index contributed by atoms with van der Waals surface area (Å²) in [5.74, 6) is 1.38. The molecular formula is C20H17N5O2S2. The average Bonchev–Trinajstić information content (AvgIpc) is 3.48. The monoisotopic (exact) mass is 423 g/mol. The topological polar surface area (TPSA) is 90.6 Å². The van der Waals surface area contributed by atoms with Crippen molar-refractivity contribution in [2.45, 2.75) is 33.8 Å². The fourth-order valence-electron chi connectivity index (χ4n) is 3.12. The van der Waals surface area contributed by atoms with Crippen molar-refractivity contribution < 1.29 is 8.42 Å². The van der Waals surface area contributed by atoms with Crippen molar-refractivity contribution in [3.05, 3.63) is 60.7 Å². The van der Waals surface area contributed by atoms with Crippen molar-refractivity contribution in [1.82, 2.24) is 24.7 Å². The van der Waals surface area contributed by atoms with Crippen LogP contribution < -0.4 is 0 Å². The molecule has 2 heterocycles. The van der Waals surface area contributed by atoms with Crippen LogP contribution in [0.25, 0.3) is 16.6 Å². The quantitative estimate of drug-likeness (QED) is 0.453. The van der Waals surface area contributed by atoms with Crippen molar-refractivity contribution >= 4 is 32.5 Å². The van der Waals surface area contributed by atoms with E-state index in [9.17, 15) is 8.42 Å². The van der Waals surface area contributed by atoms with Gasteiger partial charge in [-0.1, -0.05) is 18.2 Å². The van der Waals surface area contributed by atoms with E-state index in [0.717, 1.165) is 24.4 Å². The van der Waals surface area contributed by atoms with E-state index in [1.807, 2.05) is 35.0 Å². The highest BCUT2D eigenvalue weighted by Gasteiger charge is 2.30. The van der Waals surface area contributed by atoms with Crippen LogP contribution in [0.5, 0.6) is 0 Å². The molecule has 0 N–H and O–H groups in total. The maximum Gasteiger partial charge on any atom is 0.215 e. The van der Waals surface area contributed by atoms with E-state index >= 15 is 0 Å². The number of para-hydroxylation sites is 1. The molecule has 0 unspecified atom stereocenters. The van der Waals surface area contributed by atoms with Gasteiger partial charge in [0, 0.05) is 17.6 Å². The number of hydrogen-bond acceptors (Lipinski definition) is 7. The highest BCUT2D eigenvalue weighted by Crippen LogP contribution is 2.41. The van der Waals surface area contributed by atoms with Crippen molar-refractivity contribution in [2.24, 2.45) is 0 Å². The Morgan fingerprint density at radius 2 is 1.86 bits per heavy atom. The third-order valence-corrected chi connectivity index (χ3v) is 6.73. The van der Waals surface area contributed by atoms with E-state index < -0.39 is 9.84 Å². The van der Waals surface area contributed by atoms with Crippen LogP contribution in [0.4, 0.5) is 0 Å². The third kappa shape index (κ3) is 3.63. The van der Waals surface area contributed by atoms with Gasteiger partial charge in [-0.2, -0.15) is 0 Å². The lowest BCUT2D eigenvalue weighted by atomic mass is 10.2. The number of rotatable bonds is 5. The number of aromatic nitrogens is 5. The maximum absolute atomic E-state index is 12.0. The van der Waals surface area contributed by atoms with Crippen molar-refractivity contribution in [3.8, 4) is 5.69 Å². The number of sulfone groups is 1. The van der Waals surface area contributed by atoms with Gasteiger partial charge in [-0.25, -0.2) is 28.1 Å². The number of hydrogen-bond donors (Lipinski definition) is 0. The van der Waals surface area contributed by atoms with E-state index in [-0.39, 0.29) is 4.90 Å². The number of nitrogens with zero attached hydrogens (tertiary/aromatic N) is 5. The molecule has 146 valence electrons. The Kier molecular flexibility index (Phi) is 4.36. The first-order valence-corrected chi connectivity index (χ1v) is 11.8. The molecule has 0 atom stereocenters. The Bertz CT molecular complexity index is 1320. The first kappa shape index (κ1) is 18.3. The summed E-state index contributed by atoms with van der Waals surface area (Å²) in [5, 5.41) is 6.59. The van der Waals surface area contributed by atoms with Gasteiger partial charge in [0.25, 0.3) is 0 Å². The Balaban J connectivity index is 1.58. The van der Waals surface area contributed by atoms with Gasteiger partial charge in [0.15, 0.2) is 9.84 Å². The van der Waals surface area contributed by atoms with Crippen LogP contribution in [0, 0.1) is 0 Å². The minimum absolute atomic E-state index is 0.239. The minimum Gasteiger partial charge on any atom is -0.236 e. The smallest absolute Gasteiger partial charge is 0.215 e. The molecule has 4 aromatic rings. The van der Waals surface area contributed by atoms with Crippen molar-refractivity contribution in [1.29, 1.82) is 0 Å². The molecule has 0 amide bonds. The highest BCUT2D eigenvalue weighted by molar-refractivity contribution is 7.99. The first-order chi connectivity index (χ1) is 14.0. The van der Waals surface area contributed by atoms with Crippen LogP contribution in [0.2, 0.25) is 0 Å². The highest BCUT2D eigenvalue weighted by atomic mass is 32.2. The second-order valence-corrected chi connectivity index (χ2v) is 9.98. The summed E-state index contributed by atoms with van der Waals surface area (Å²) in [5.41, 5.74) is 1.65. The SMILES string of the molecule is CS(=O)(=O)c1ccc2ncnc(Sc3nc(C4CC4)n(-c4ccccc4)n3)c2c1. The van der Waals surface area contributed by atoms with Crippen LogP contribution in [0.3, 0.4) is 0 Å². The zero-order chi connectivity index (χ0) is 20.0. The summed E-state index contributed by atoms with van der Waals surface area (Å²) in [6.45, 7) is 0. The van der Waals surface area contributed by atoms with Gasteiger partial charge in [-0.15, -0.1) is 5.10 Å². The molecule has 1 aliphatic rings. The van der Waals surface area contributed by atoms with E-state index in [0.29, 0.717) is 27.0 Å². The van der Waals surface area contributed by atoms with Crippen LogP contribution in [0.15, 0.2) is 69.9 Å². The largest absolute Gasteiger partial charge is 0.236 e.